The Morgan fingerprint density at radius 1 is 1.15 bits per heavy atom. The van der Waals surface area contributed by atoms with Crippen LogP contribution in [-0.4, -0.2) is 18.4 Å². The normalized spacial score (nSPS) is 10.7. The van der Waals surface area contributed by atoms with E-state index in [0.717, 1.165) is 39.8 Å². The van der Waals surface area contributed by atoms with E-state index in [-0.39, 0.29) is 0 Å². The standard InChI is InChI=1S/C17H15NO2/c1-11-5-3-4-6-13(11)17-15(10-19)14-9-12(20-2)7-8-16(14)18-17/h3-10,18H,1-2H3. The van der Waals surface area contributed by atoms with Crippen molar-refractivity contribution in [3.05, 3.63) is 53.6 Å². The Labute approximate surface area is 117 Å². The predicted molar refractivity (Wildman–Crippen MR) is 80.4 cm³/mol. The molecule has 1 aromatic heterocycles. The Hall–Kier alpha value is -2.55. The molecule has 1 N–H and O–H groups in total. The Kier molecular flexibility index (Phi) is 3.03. The number of H-pyrrole nitrogens is 1. The van der Waals surface area contributed by atoms with Crippen molar-refractivity contribution in [3.8, 4) is 17.0 Å². The molecule has 0 saturated heterocycles. The molecule has 3 heteroatoms. The molecule has 0 aliphatic heterocycles. The smallest absolute Gasteiger partial charge is 0.152 e. The molecule has 0 fully saturated rings. The molecule has 0 radical (unpaired) electrons. The fourth-order valence-electron chi connectivity index (χ4n) is 2.51. The number of nitrogens with one attached hydrogen (secondary N) is 1. The molecule has 0 saturated carbocycles. The summed E-state index contributed by atoms with van der Waals surface area (Å²) in [7, 11) is 1.62. The van der Waals surface area contributed by atoms with Crippen molar-refractivity contribution < 1.29 is 9.53 Å². The van der Waals surface area contributed by atoms with Gasteiger partial charge in [0.2, 0.25) is 0 Å². The van der Waals surface area contributed by atoms with E-state index in [9.17, 15) is 4.79 Å². The minimum Gasteiger partial charge on any atom is -0.497 e. The summed E-state index contributed by atoms with van der Waals surface area (Å²) < 4.78 is 5.23. The van der Waals surface area contributed by atoms with Gasteiger partial charge >= 0.3 is 0 Å². The summed E-state index contributed by atoms with van der Waals surface area (Å²) >= 11 is 0. The van der Waals surface area contributed by atoms with Gasteiger partial charge in [0.05, 0.1) is 12.8 Å². The molecule has 20 heavy (non-hydrogen) atoms. The molecule has 0 aliphatic rings. The summed E-state index contributed by atoms with van der Waals surface area (Å²) in [6, 6.07) is 13.7. The molecule has 0 amide bonds. The molecular formula is C17H15NO2. The van der Waals surface area contributed by atoms with Crippen molar-refractivity contribution in [3.63, 3.8) is 0 Å². The van der Waals surface area contributed by atoms with Gasteiger partial charge in [0.25, 0.3) is 0 Å². The topological polar surface area (TPSA) is 42.1 Å². The van der Waals surface area contributed by atoms with Crippen LogP contribution in [0.1, 0.15) is 15.9 Å². The maximum atomic E-state index is 11.5. The first kappa shape index (κ1) is 12.5. The molecule has 3 aromatic rings. The van der Waals surface area contributed by atoms with Crippen molar-refractivity contribution in [2.24, 2.45) is 0 Å². The van der Waals surface area contributed by atoms with Crippen LogP contribution in [0.15, 0.2) is 42.5 Å². The van der Waals surface area contributed by atoms with Gasteiger partial charge in [-0.05, 0) is 30.7 Å². The summed E-state index contributed by atoms with van der Waals surface area (Å²) in [5.41, 5.74) is 4.65. The Morgan fingerprint density at radius 2 is 1.95 bits per heavy atom. The maximum Gasteiger partial charge on any atom is 0.152 e. The van der Waals surface area contributed by atoms with Crippen LogP contribution in [0.3, 0.4) is 0 Å². The van der Waals surface area contributed by atoms with Crippen LogP contribution >= 0.6 is 0 Å². The minimum absolute atomic E-state index is 0.674. The molecule has 0 unspecified atom stereocenters. The molecule has 1 heterocycles. The molecule has 0 spiro atoms. The zero-order valence-electron chi connectivity index (χ0n) is 11.4. The number of carbonyl (C=O) groups excluding carboxylic acids is 1. The number of aldehydes is 1. The number of aromatic nitrogens is 1. The lowest BCUT2D eigenvalue weighted by Crippen LogP contribution is -1.87. The van der Waals surface area contributed by atoms with Gasteiger partial charge in [-0.25, -0.2) is 0 Å². The van der Waals surface area contributed by atoms with Crippen LogP contribution in [0.4, 0.5) is 0 Å². The lowest BCUT2D eigenvalue weighted by atomic mass is 10.0. The third-order valence-electron chi connectivity index (χ3n) is 3.58. The van der Waals surface area contributed by atoms with Gasteiger partial charge in [0.15, 0.2) is 6.29 Å². The number of ether oxygens (including phenoxy) is 1. The van der Waals surface area contributed by atoms with Crippen molar-refractivity contribution in [1.82, 2.24) is 4.98 Å². The maximum absolute atomic E-state index is 11.5. The van der Waals surface area contributed by atoms with Crippen LogP contribution in [0.5, 0.6) is 5.75 Å². The highest BCUT2D eigenvalue weighted by Gasteiger charge is 2.14. The Balaban J connectivity index is 2.31. The predicted octanol–water partition coefficient (Wildman–Crippen LogP) is 3.96. The molecular weight excluding hydrogens is 250 g/mol. The van der Waals surface area contributed by atoms with Crippen molar-refractivity contribution in [1.29, 1.82) is 0 Å². The fraction of sp³-hybridized carbons (Fsp3) is 0.118. The summed E-state index contributed by atoms with van der Waals surface area (Å²) in [5, 5.41) is 0.887. The van der Waals surface area contributed by atoms with Crippen LogP contribution in [0, 0.1) is 6.92 Å². The van der Waals surface area contributed by atoms with Gasteiger partial charge in [-0.15, -0.1) is 0 Å². The van der Waals surface area contributed by atoms with E-state index in [1.807, 2.05) is 49.4 Å². The molecule has 3 rings (SSSR count). The molecule has 3 nitrogen and oxygen atoms in total. The number of hydrogen-bond acceptors (Lipinski definition) is 2. The minimum atomic E-state index is 0.674. The van der Waals surface area contributed by atoms with E-state index < -0.39 is 0 Å². The van der Waals surface area contributed by atoms with Gasteiger partial charge in [-0.1, -0.05) is 24.3 Å². The van der Waals surface area contributed by atoms with Gasteiger partial charge < -0.3 is 9.72 Å². The first-order valence-electron chi connectivity index (χ1n) is 6.45. The first-order valence-corrected chi connectivity index (χ1v) is 6.45. The number of hydrogen-bond donors (Lipinski definition) is 1. The van der Waals surface area contributed by atoms with E-state index >= 15 is 0 Å². The van der Waals surface area contributed by atoms with Gasteiger partial charge in [0.1, 0.15) is 5.75 Å². The monoisotopic (exact) mass is 265 g/mol. The molecule has 0 atom stereocenters. The second kappa shape index (κ2) is 4.85. The van der Waals surface area contributed by atoms with Crippen molar-refractivity contribution in [2.45, 2.75) is 6.92 Å². The Morgan fingerprint density at radius 3 is 2.65 bits per heavy atom. The van der Waals surface area contributed by atoms with Gasteiger partial charge in [0, 0.05) is 22.0 Å². The van der Waals surface area contributed by atoms with E-state index in [4.69, 9.17) is 4.74 Å². The molecule has 0 aliphatic carbocycles. The largest absolute Gasteiger partial charge is 0.497 e. The van der Waals surface area contributed by atoms with Crippen LogP contribution in [0.2, 0.25) is 0 Å². The van der Waals surface area contributed by atoms with Crippen LogP contribution in [0.25, 0.3) is 22.2 Å². The zero-order valence-corrected chi connectivity index (χ0v) is 11.4. The number of fused-ring (bicyclic) bond motifs is 1. The Bertz CT molecular complexity index is 787. The SMILES string of the molecule is COc1ccc2[nH]c(-c3ccccc3C)c(C=O)c2c1. The van der Waals surface area contributed by atoms with E-state index in [1.165, 1.54) is 0 Å². The second-order valence-electron chi connectivity index (χ2n) is 4.76. The summed E-state index contributed by atoms with van der Waals surface area (Å²) in [6.45, 7) is 2.04. The molecule has 100 valence electrons. The first-order chi connectivity index (χ1) is 9.74. The third-order valence-corrected chi connectivity index (χ3v) is 3.58. The number of aromatic amines is 1. The average molecular weight is 265 g/mol. The zero-order chi connectivity index (χ0) is 14.1. The highest BCUT2D eigenvalue weighted by atomic mass is 16.5. The van der Waals surface area contributed by atoms with Crippen molar-refractivity contribution >= 4 is 17.2 Å². The van der Waals surface area contributed by atoms with Crippen molar-refractivity contribution in [2.75, 3.05) is 7.11 Å². The van der Waals surface area contributed by atoms with E-state index in [0.29, 0.717) is 5.56 Å². The third kappa shape index (κ3) is 1.88. The van der Waals surface area contributed by atoms with Gasteiger partial charge in [-0.2, -0.15) is 0 Å². The second-order valence-corrected chi connectivity index (χ2v) is 4.76. The number of rotatable bonds is 3. The summed E-state index contributed by atoms with van der Waals surface area (Å²) in [5.74, 6) is 0.746. The summed E-state index contributed by atoms with van der Waals surface area (Å²) in [4.78, 5) is 14.9. The number of aryl methyl sites for hydroxylation is 1. The highest BCUT2D eigenvalue weighted by molar-refractivity contribution is 6.05. The van der Waals surface area contributed by atoms with Crippen LogP contribution in [-0.2, 0) is 0 Å². The van der Waals surface area contributed by atoms with E-state index in [1.54, 1.807) is 7.11 Å². The quantitative estimate of drug-likeness (QED) is 0.728. The number of benzene rings is 2. The summed E-state index contributed by atoms with van der Waals surface area (Å²) in [6.07, 6.45) is 0.903. The fourth-order valence-corrected chi connectivity index (χ4v) is 2.51. The molecule has 0 bridgehead atoms. The van der Waals surface area contributed by atoms with E-state index in [2.05, 4.69) is 4.98 Å². The van der Waals surface area contributed by atoms with Gasteiger partial charge in [-0.3, -0.25) is 4.79 Å². The average Bonchev–Trinajstić information content (AvgIpc) is 2.84. The number of carbonyl (C=O) groups is 1. The van der Waals surface area contributed by atoms with Crippen LogP contribution < -0.4 is 4.74 Å². The lowest BCUT2D eigenvalue weighted by molar-refractivity contribution is 0.112. The number of methoxy groups -OCH3 is 1. The lowest BCUT2D eigenvalue weighted by Gasteiger charge is -2.03. The highest BCUT2D eigenvalue weighted by Crippen LogP contribution is 2.32. The molecule has 2 aromatic carbocycles.